The van der Waals surface area contributed by atoms with Crippen molar-refractivity contribution in [3.8, 4) is 11.5 Å². The molecule has 1 atom stereocenters. The Morgan fingerprint density at radius 2 is 2.35 bits per heavy atom. The van der Waals surface area contributed by atoms with Crippen LogP contribution in [0.2, 0.25) is 0 Å². The molecule has 1 unspecified atom stereocenters. The molecule has 1 aliphatic rings. The van der Waals surface area contributed by atoms with E-state index >= 15 is 0 Å². The van der Waals surface area contributed by atoms with Crippen LogP contribution in [0.1, 0.15) is 17.2 Å². The average Bonchev–Trinajstić information content (AvgIpc) is 2.36. The summed E-state index contributed by atoms with van der Waals surface area (Å²) in [5, 5.41) is 12.8. The number of aromatic hydroxyl groups is 1. The van der Waals surface area contributed by atoms with Gasteiger partial charge in [-0.2, -0.15) is 0 Å². The standard InChI is InChI=1S/C12H16FNO3/c1-7-5-8(9-6-14-3-4-17-9)10(13)12(16-2)11(7)15/h5,9,14-15H,3-4,6H2,1-2H3. The highest BCUT2D eigenvalue weighted by Crippen LogP contribution is 2.37. The lowest BCUT2D eigenvalue weighted by atomic mass is 10.0. The summed E-state index contributed by atoms with van der Waals surface area (Å²) in [7, 11) is 1.33. The maximum atomic E-state index is 14.1. The molecule has 2 N–H and O–H groups in total. The van der Waals surface area contributed by atoms with Crippen LogP contribution in [0.25, 0.3) is 0 Å². The van der Waals surface area contributed by atoms with Gasteiger partial charge in [-0.15, -0.1) is 0 Å². The van der Waals surface area contributed by atoms with Gasteiger partial charge in [0.1, 0.15) is 0 Å². The van der Waals surface area contributed by atoms with Gasteiger partial charge in [0.2, 0.25) is 0 Å². The first-order chi connectivity index (χ1) is 8.15. The lowest BCUT2D eigenvalue weighted by Gasteiger charge is -2.25. The van der Waals surface area contributed by atoms with E-state index in [1.54, 1.807) is 13.0 Å². The van der Waals surface area contributed by atoms with Gasteiger partial charge in [-0.1, -0.05) is 0 Å². The van der Waals surface area contributed by atoms with Crippen molar-refractivity contribution < 1.29 is 19.0 Å². The molecule has 0 amide bonds. The number of benzene rings is 1. The highest BCUT2D eigenvalue weighted by atomic mass is 19.1. The molecule has 0 bridgehead atoms. The van der Waals surface area contributed by atoms with E-state index in [1.165, 1.54) is 7.11 Å². The Kier molecular flexibility index (Phi) is 3.49. The van der Waals surface area contributed by atoms with Crippen molar-refractivity contribution in [2.75, 3.05) is 26.8 Å². The van der Waals surface area contributed by atoms with Crippen LogP contribution in [0.15, 0.2) is 6.07 Å². The first-order valence-electron chi connectivity index (χ1n) is 5.53. The quantitative estimate of drug-likeness (QED) is 0.824. The number of methoxy groups -OCH3 is 1. The van der Waals surface area contributed by atoms with E-state index in [9.17, 15) is 9.50 Å². The Morgan fingerprint density at radius 3 is 2.94 bits per heavy atom. The number of nitrogens with one attached hydrogen (secondary N) is 1. The maximum absolute atomic E-state index is 14.1. The van der Waals surface area contributed by atoms with E-state index in [-0.39, 0.29) is 17.6 Å². The predicted molar refractivity (Wildman–Crippen MR) is 60.9 cm³/mol. The van der Waals surface area contributed by atoms with Gasteiger partial charge in [0.25, 0.3) is 0 Å². The fourth-order valence-electron chi connectivity index (χ4n) is 1.96. The zero-order valence-corrected chi connectivity index (χ0v) is 9.92. The van der Waals surface area contributed by atoms with E-state index in [2.05, 4.69) is 5.32 Å². The minimum Gasteiger partial charge on any atom is -0.504 e. The van der Waals surface area contributed by atoms with Gasteiger partial charge in [0.05, 0.1) is 19.8 Å². The number of rotatable bonds is 2. The summed E-state index contributed by atoms with van der Waals surface area (Å²) in [6, 6.07) is 1.60. The SMILES string of the molecule is COc1c(O)c(C)cc(C2CNCCO2)c1F. The van der Waals surface area contributed by atoms with Crippen LogP contribution in [-0.4, -0.2) is 31.9 Å². The minimum absolute atomic E-state index is 0.117. The van der Waals surface area contributed by atoms with E-state index in [0.29, 0.717) is 24.3 Å². The Balaban J connectivity index is 2.42. The highest BCUT2D eigenvalue weighted by Gasteiger charge is 2.24. The van der Waals surface area contributed by atoms with Gasteiger partial charge in [-0.05, 0) is 18.6 Å². The summed E-state index contributed by atoms with van der Waals surface area (Å²) in [5.74, 6) is -0.823. The molecule has 1 saturated heterocycles. The van der Waals surface area contributed by atoms with Gasteiger partial charge in [-0.3, -0.25) is 0 Å². The lowest BCUT2D eigenvalue weighted by molar-refractivity contribution is 0.0251. The molecule has 1 aromatic carbocycles. The van der Waals surface area contributed by atoms with E-state index in [0.717, 1.165) is 6.54 Å². The average molecular weight is 241 g/mol. The summed E-state index contributed by atoms with van der Waals surface area (Å²) in [6.45, 7) is 3.58. The van der Waals surface area contributed by atoms with Gasteiger partial charge in [0.15, 0.2) is 17.3 Å². The molecule has 5 heteroatoms. The third kappa shape index (κ3) is 2.21. The number of phenols is 1. The smallest absolute Gasteiger partial charge is 0.197 e. The highest BCUT2D eigenvalue weighted by molar-refractivity contribution is 5.49. The van der Waals surface area contributed by atoms with Gasteiger partial charge >= 0.3 is 0 Å². The second kappa shape index (κ2) is 4.89. The third-order valence-electron chi connectivity index (χ3n) is 2.89. The largest absolute Gasteiger partial charge is 0.504 e. The molecular weight excluding hydrogens is 225 g/mol. The Bertz CT molecular complexity index is 417. The number of aryl methyl sites for hydroxylation is 1. The van der Waals surface area contributed by atoms with Crippen LogP contribution in [-0.2, 0) is 4.74 Å². The van der Waals surface area contributed by atoms with Crippen LogP contribution in [0, 0.1) is 12.7 Å². The fraction of sp³-hybridized carbons (Fsp3) is 0.500. The summed E-state index contributed by atoms with van der Waals surface area (Å²) in [5.41, 5.74) is 0.997. The van der Waals surface area contributed by atoms with Crippen molar-refractivity contribution in [1.82, 2.24) is 5.32 Å². The number of hydrogen-bond acceptors (Lipinski definition) is 4. The van der Waals surface area contributed by atoms with Crippen LogP contribution < -0.4 is 10.1 Å². The fourth-order valence-corrected chi connectivity index (χ4v) is 1.96. The first-order valence-corrected chi connectivity index (χ1v) is 5.53. The predicted octanol–water partition coefficient (Wildman–Crippen LogP) is 1.51. The topological polar surface area (TPSA) is 50.7 Å². The molecule has 94 valence electrons. The first kappa shape index (κ1) is 12.1. The Labute approximate surface area is 99.4 Å². The molecule has 0 saturated carbocycles. The number of hydrogen-bond donors (Lipinski definition) is 2. The number of ether oxygens (including phenoxy) is 2. The van der Waals surface area contributed by atoms with Crippen molar-refractivity contribution in [1.29, 1.82) is 0 Å². The molecule has 1 aromatic rings. The van der Waals surface area contributed by atoms with Gasteiger partial charge in [-0.25, -0.2) is 4.39 Å². The Morgan fingerprint density at radius 1 is 1.59 bits per heavy atom. The molecule has 2 rings (SSSR count). The van der Waals surface area contributed by atoms with Gasteiger partial charge in [0, 0.05) is 18.7 Å². The molecule has 0 spiro atoms. The molecule has 1 fully saturated rings. The third-order valence-corrected chi connectivity index (χ3v) is 2.89. The van der Waals surface area contributed by atoms with Crippen molar-refractivity contribution in [2.45, 2.75) is 13.0 Å². The second-order valence-corrected chi connectivity index (χ2v) is 4.04. The van der Waals surface area contributed by atoms with Crippen LogP contribution >= 0.6 is 0 Å². The van der Waals surface area contributed by atoms with Crippen LogP contribution in [0.5, 0.6) is 11.5 Å². The summed E-state index contributed by atoms with van der Waals surface area (Å²) in [4.78, 5) is 0. The monoisotopic (exact) mass is 241 g/mol. The summed E-state index contributed by atoms with van der Waals surface area (Å²) in [6.07, 6.45) is -0.336. The van der Waals surface area contributed by atoms with Gasteiger partial charge < -0.3 is 19.9 Å². The molecule has 17 heavy (non-hydrogen) atoms. The lowest BCUT2D eigenvalue weighted by Crippen LogP contribution is -2.33. The number of phenolic OH excluding ortho intramolecular Hbond substituents is 1. The zero-order chi connectivity index (χ0) is 12.4. The zero-order valence-electron chi connectivity index (χ0n) is 9.92. The normalized spacial score (nSPS) is 20.3. The molecule has 1 heterocycles. The van der Waals surface area contributed by atoms with Crippen molar-refractivity contribution in [3.63, 3.8) is 0 Å². The number of morpholine rings is 1. The Hall–Kier alpha value is -1.33. The molecule has 0 aliphatic carbocycles. The second-order valence-electron chi connectivity index (χ2n) is 4.04. The van der Waals surface area contributed by atoms with E-state index < -0.39 is 5.82 Å². The molecule has 1 aliphatic heterocycles. The molecular formula is C12H16FNO3. The molecule has 0 radical (unpaired) electrons. The van der Waals surface area contributed by atoms with Crippen molar-refractivity contribution in [2.24, 2.45) is 0 Å². The molecule has 0 aromatic heterocycles. The minimum atomic E-state index is -0.552. The van der Waals surface area contributed by atoms with Crippen molar-refractivity contribution in [3.05, 3.63) is 23.0 Å². The van der Waals surface area contributed by atoms with Crippen LogP contribution in [0.4, 0.5) is 4.39 Å². The number of halogens is 1. The van der Waals surface area contributed by atoms with Crippen LogP contribution in [0.3, 0.4) is 0 Å². The summed E-state index contributed by atoms with van der Waals surface area (Å²) < 4.78 is 24.5. The maximum Gasteiger partial charge on any atom is 0.197 e. The van der Waals surface area contributed by atoms with Crippen molar-refractivity contribution >= 4 is 0 Å². The van der Waals surface area contributed by atoms with E-state index in [1.807, 2.05) is 0 Å². The molecule has 4 nitrogen and oxygen atoms in total. The van der Waals surface area contributed by atoms with E-state index in [4.69, 9.17) is 9.47 Å². The summed E-state index contributed by atoms with van der Waals surface area (Å²) >= 11 is 0.